The van der Waals surface area contributed by atoms with Crippen LogP contribution in [0.15, 0.2) is 54.0 Å². The number of halogens is 5. The van der Waals surface area contributed by atoms with Crippen LogP contribution < -0.4 is 10.6 Å². The van der Waals surface area contributed by atoms with E-state index in [1.807, 2.05) is 0 Å². The number of pyridine rings is 2. The van der Waals surface area contributed by atoms with Gasteiger partial charge in [-0.25, -0.2) is 19.4 Å². The van der Waals surface area contributed by atoms with Crippen molar-refractivity contribution in [1.82, 2.24) is 25.3 Å². The van der Waals surface area contributed by atoms with Gasteiger partial charge in [-0.05, 0) is 36.8 Å². The fourth-order valence-corrected chi connectivity index (χ4v) is 4.38. The molecule has 3 aromatic heterocycles. The number of fused-ring (bicyclic) bond motifs is 1. The number of aromatic amines is 1. The van der Waals surface area contributed by atoms with E-state index in [2.05, 4.69) is 35.6 Å². The Morgan fingerprint density at radius 2 is 2.00 bits per heavy atom. The molecule has 1 atom stereocenters. The molecule has 1 saturated heterocycles. The van der Waals surface area contributed by atoms with E-state index in [0.29, 0.717) is 17.2 Å². The molecule has 41 heavy (non-hydrogen) atoms. The van der Waals surface area contributed by atoms with Crippen LogP contribution >= 0.6 is 11.6 Å². The average molecular weight is 590 g/mol. The first-order chi connectivity index (χ1) is 19.5. The van der Waals surface area contributed by atoms with Crippen molar-refractivity contribution in [1.29, 1.82) is 0 Å². The van der Waals surface area contributed by atoms with Gasteiger partial charge in [-0.3, -0.25) is 14.6 Å². The van der Waals surface area contributed by atoms with E-state index in [1.54, 1.807) is 6.07 Å². The maximum Gasteiger partial charge on any atom is 0.418 e. The quantitative estimate of drug-likeness (QED) is 0.207. The molecular formula is C26H20ClF4N7O3. The van der Waals surface area contributed by atoms with E-state index in [4.69, 9.17) is 16.3 Å². The summed E-state index contributed by atoms with van der Waals surface area (Å²) in [7, 11) is 0. The number of carbonyl (C=O) groups excluding carboxylic acids is 2. The molecule has 3 N–H and O–H groups in total. The first-order valence-electron chi connectivity index (χ1n) is 12.1. The van der Waals surface area contributed by atoms with Gasteiger partial charge in [0.1, 0.15) is 11.2 Å². The number of H-pyrrole nitrogens is 1. The first-order valence-corrected chi connectivity index (χ1v) is 12.4. The lowest BCUT2D eigenvalue weighted by atomic mass is 9.87. The second kappa shape index (κ2) is 11.2. The first kappa shape index (κ1) is 28.1. The number of aromatic nitrogens is 4. The number of alkyl halides is 3. The van der Waals surface area contributed by atoms with Crippen LogP contribution in [0.1, 0.15) is 28.0 Å². The van der Waals surface area contributed by atoms with Gasteiger partial charge in [0.2, 0.25) is 5.91 Å². The number of aliphatic imine (C=N–C) groups is 1. The predicted octanol–water partition coefficient (Wildman–Crippen LogP) is 4.84. The minimum Gasteiger partial charge on any atom is -0.380 e. The summed E-state index contributed by atoms with van der Waals surface area (Å²) >= 11 is 6.29. The SMILES string of the molecule is O=C(N=CC1(C(=O)NCc2ncc(Nc3ccc(F)cc3C(F)(F)F)cc2Cl)CCOC1)c1cnc2nc[nH]c2c1. The largest absolute Gasteiger partial charge is 0.418 e. The smallest absolute Gasteiger partial charge is 0.380 e. The molecule has 212 valence electrons. The zero-order valence-electron chi connectivity index (χ0n) is 20.9. The number of hydrogen-bond acceptors (Lipinski definition) is 7. The molecule has 1 aromatic carbocycles. The van der Waals surface area contributed by atoms with Crippen LogP contribution in [0.3, 0.4) is 0 Å². The Hall–Kier alpha value is -4.43. The number of hydrogen-bond donors (Lipinski definition) is 3. The third-order valence-corrected chi connectivity index (χ3v) is 6.68. The zero-order valence-corrected chi connectivity index (χ0v) is 21.7. The highest BCUT2D eigenvalue weighted by Crippen LogP contribution is 2.37. The summed E-state index contributed by atoms with van der Waals surface area (Å²) < 4.78 is 58.7. The third kappa shape index (κ3) is 6.18. The Labute approximate surface area is 234 Å². The van der Waals surface area contributed by atoms with Gasteiger partial charge in [0.15, 0.2) is 5.65 Å². The number of ether oxygens (including phenoxy) is 1. The van der Waals surface area contributed by atoms with E-state index >= 15 is 0 Å². The Bertz CT molecular complexity index is 1650. The molecule has 10 nitrogen and oxygen atoms in total. The summed E-state index contributed by atoms with van der Waals surface area (Å²) in [4.78, 5) is 44.9. The van der Waals surface area contributed by atoms with E-state index < -0.39 is 34.8 Å². The Balaban J connectivity index is 1.26. The summed E-state index contributed by atoms with van der Waals surface area (Å²) in [6, 6.07) is 5.12. The van der Waals surface area contributed by atoms with Crippen LogP contribution in [0.25, 0.3) is 11.2 Å². The molecule has 1 fully saturated rings. The topological polar surface area (TPSA) is 134 Å². The Morgan fingerprint density at radius 3 is 2.73 bits per heavy atom. The third-order valence-electron chi connectivity index (χ3n) is 6.35. The number of rotatable bonds is 7. The highest BCUT2D eigenvalue weighted by atomic mass is 35.5. The molecule has 0 bridgehead atoms. The van der Waals surface area contributed by atoms with Crippen molar-refractivity contribution in [2.75, 3.05) is 18.5 Å². The van der Waals surface area contributed by atoms with Crippen molar-refractivity contribution < 1.29 is 31.9 Å². The van der Waals surface area contributed by atoms with Crippen molar-refractivity contribution in [3.05, 3.63) is 76.7 Å². The zero-order chi connectivity index (χ0) is 29.2. The van der Waals surface area contributed by atoms with Gasteiger partial charge in [-0.2, -0.15) is 13.2 Å². The molecule has 0 aliphatic carbocycles. The number of anilines is 2. The Morgan fingerprint density at radius 1 is 1.17 bits per heavy atom. The molecule has 1 unspecified atom stereocenters. The maximum absolute atomic E-state index is 13.4. The molecule has 1 aliphatic heterocycles. The summed E-state index contributed by atoms with van der Waals surface area (Å²) in [5.41, 5.74) is -1.21. The standard InChI is InChI=1S/C26H20ClF4N7O3/c27-18-7-16(38-19-2-1-15(28)6-17(19)26(29,30)31)9-32-21(18)10-34-24(40)25(3-4-41-12-25)11-35-23(39)14-5-20-22(33-8-14)37-13-36-20/h1-2,5-9,11,13,38H,3-4,10,12H2,(H,34,40)(H,33,36,37). The number of nitrogens with one attached hydrogen (secondary N) is 3. The van der Waals surface area contributed by atoms with Crippen molar-refractivity contribution in [2.24, 2.45) is 10.4 Å². The molecule has 0 saturated carbocycles. The predicted molar refractivity (Wildman–Crippen MR) is 140 cm³/mol. The fourth-order valence-electron chi connectivity index (χ4n) is 4.14. The molecule has 4 heterocycles. The van der Waals surface area contributed by atoms with Crippen LogP contribution in [0, 0.1) is 11.2 Å². The Kier molecular flexibility index (Phi) is 7.69. The van der Waals surface area contributed by atoms with Crippen LogP contribution in [0.2, 0.25) is 5.02 Å². The summed E-state index contributed by atoms with van der Waals surface area (Å²) in [6.07, 6.45) is 0.770. The number of benzene rings is 1. The number of nitrogens with zero attached hydrogens (tertiary/aromatic N) is 4. The highest BCUT2D eigenvalue weighted by Gasteiger charge is 2.41. The summed E-state index contributed by atoms with van der Waals surface area (Å²) in [5.74, 6) is -2.11. The average Bonchev–Trinajstić information content (AvgIpc) is 3.61. The molecule has 15 heteroatoms. The summed E-state index contributed by atoms with van der Waals surface area (Å²) in [5, 5.41) is 5.31. The molecule has 4 aromatic rings. The van der Waals surface area contributed by atoms with Gasteiger partial charge in [0, 0.05) is 19.0 Å². The lowest BCUT2D eigenvalue weighted by Gasteiger charge is -2.21. The van der Waals surface area contributed by atoms with Gasteiger partial charge in [-0.1, -0.05) is 11.6 Å². The monoisotopic (exact) mass is 589 g/mol. The molecule has 5 rings (SSSR count). The molecular weight excluding hydrogens is 570 g/mol. The lowest BCUT2D eigenvalue weighted by molar-refractivity contribution is -0.137. The number of amides is 2. The highest BCUT2D eigenvalue weighted by molar-refractivity contribution is 6.31. The van der Waals surface area contributed by atoms with Gasteiger partial charge in [0.25, 0.3) is 5.91 Å². The van der Waals surface area contributed by atoms with Gasteiger partial charge in [0.05, 0.1) is 64.4 Å². The van der Waals surface area contributed by atoms with E-state index in [0.717, 1.165) is 12.1 Å². The minimum atomic E-state index is -4.79. The van der Waals surface area contributed by atoms with E-state index in [9.17, 15) is 27.2 Å². The molecule has 2 amide bonds. The number of imidazole rings is 1. The van der Waals surface area contributed by atoms with Gasteiger partial charge < -0.3 is 20.4 Å². The van der Waals surface area contributed by atoms with Crippen molar-refractivity contribution in [3.63, 3.8) is 0 Å². The van der Waals surface area contributed by atoms with Gasteiger partial charge >= 0.3 is 6.18 Å². The lowest BCUT2D eigenvalue weighted by Crippen LogP contribution is -2.42. The van der Waals surface area contributed by atoms with Crippen LogP contribution in [-0.4, -0.2) is 51.2 Å². The van der Waals surface area contributed by atoms with Gasteiger partial charge in [-0.15, -0.1) is 0 Å². The van der Waals surface area contributed by atoms with Crippen LogP contribution in [0.5, 0.6) is 0 Å². The fraction of sp³-hybridized carbons (Fsp3) is 0.231. The second-order valence-electron chi connectivity index (χ2n) is 9.17. The van der Waals surface area contributed by atoms with E-state index in [1.165, 1.54) is 31.0 Å². The molecule has 1 aliphatic rings. The van der Waals surface area contributed by atoms with E-state index in [-0.39, 0.29) is 53.8 Å². The van der Waals surface area contributed by atoms with Crippen LogP contribution in [-0.2, 0) is 22.3 Å². The maximum atomic E-state index is 13.4. The van der Waals surface area contributed by atoms with Crippen LogP contribution in [0.4, 0.5) is 28.9 Å². The molecule has 0 spiro atoms. The second-order valence-corrected chi connectivity index (χ2v) is 9.57. The van der Waals surface area contributed by atoms with Crippen molar-refractivity contribution in [3.8, 4) is 0 Å². The van der Waals surface area contributed by atoms with Crippen molar-refractivity contribution in [2.45, 2.75) is 19.1 Å². The minimum absolute atomic E-state index is 0.00330. The summed E-state index contributed by atoms with van der Waals surface area (Å²) in [6.45, 7) is 0.154. The molecule has 0 radical (unpaired) electrons. The normalized spacial score (nSPS) is 17.3. The number of carbonyl (C=O) groups is 2. The van der Waals surface area contributed by atoms with Crippen molar-refractivity contribution >= 4 is 52.2 Å².